The summed E-state index contributed by atoms with van der Waals surface area (Å²) in [5.74, 6) is 1.44. The van der Waals surface area contributed by atoms with E-state index in [9.17, 15) is 0 Å². The minimum Gasteiger partial charge on any atom is -0.493 e. The average Bonchev–Trinajstić information content (AvgIpc) is 2.48. The number of benzene rings is 1. The Balaban J connectivity index is 2.44. The zero-order valence-electron chi connectivity index (χ0n) is 13.5. The first-order chi connectivity index (χ1) is 10.2. The summed E-state index contributed by atoms with van der Waals surface area (Å²) in [5, 5.41) is 4.16. The van der Waals surface area contributed by atoms with Gasteiger partial charge in [0, 0.05) is 17.6 Å². The maximum Gasteiger partial charge on any atom is 0.162 e. The van der Waals surface area contributed by atoms with E-state index >= 15 is 0 Å². The number of nitrogens with one attached hydrogen (secondary N) is 1. The molecule has 0 unspecified atom stereocenters. The van der Waals surface area contributed by atoms with Crippen LogP contribution in [-0.2, 0) is 6.54 Å². The van der Waals surface area contributed by atoms with E-state index in [0.29, 0.717) is 12.4 Å². The van der Waals surface area contributed by atoms with Crippen molar-refractivity contribution in [2.24, 2.45) is 0 Å². The Bertz CT molecular complexity index is 410. The summed E-state index contributed by atoms with van der Waals surface area (Å²) in [4.78, 5) is 0. The number of methoxy groups -OCH3 is 1. The minimum absolute atomic E-state index is 0.599. The lowest BCUT2D eigenvalue weighted by molar-refractivity contribution is 0.310. The maximum atomic E-state index is 6.30. The second-order valence-corrected chi connectivity index (χ2v) is 5.53. The highest BCUT2D eigenvalue weighted by Gasteiger charge is 2.10. The van der Waals surface area contributed by atoms with Crippen molar-refractivity contribution >= 4 is 11.6 Å². The van der Waals surface area contributed by atoms with E-state index in [2.05, 4.69) is 12.2 Å². The van der Waals surface area contributed by atoms with Crippen molar-refractivity contribution in [2.75, 3.05) is 20.3 Å². The molecule has 0 aliphatic rings. The van der Waals surface area contributed by atoms with Crippen LogP contribution in [0.5, 0.6) is 11.5 Å². The van der Waals surface area contributed by atoms with Gasteiger partial charge in [0.25, 0.3) is 0 Å². The number of ether oxygens (including phenoxy) is 2. The number of rotatable bonds is 11. The molecule has 0 spiro atoms. The van der Waals surface area contributed by atoms with Gasteiger partial charge in [-0.1, -0.05) is 44.2 Å². The predicted octanol–water partition coefficient (Wildman–Crippen LogP) is 4.81. The van der Waals surface area contributed by atoms with Gasteiger partial charge in [-0.15, -0.1) is 0 Å². The molecule has 1 rings (SSSR count). The van der Waals surface area contributed by atoms with E-state index < -0.39 is 0 Å². The molecule has 0 atom stereocenters. The maximum absolute atomic E-state index is 6.30. The molecule has 0 saturated heterocycles. The van der Waals surface area contributed by atoms with Gasteiger partial charge in [-0.05, 0) is 31.5 Å². The third-order valence-electron chi connectivity index (χ3n) is 3.41. The monoisotopic (exact) mass is 313 g/mol. The van der Waals surface area contributed by atoms with E-state index in [0.717, 1.165) is 29.4 Å². The summed E-state index contributed by atoms with van der Waals surface area (Å²) >= 11 is 6.30. The van der Waals surface area contributed by atoms with Crippen molar-refractivity contribution in [1.29, 1.82) is 0 Å². The number of halogens is 1. The fourth-order valence-corrected chi connectivity index (χ4v) is 2.44. The average molecular weight is 314 g/mol. The van der Waals surface area contributed by atoms with Crippen molar-refractivity contribution in [3.05, 3.63) is 22.7 Å². The van der Waals surface area contributed by atoms with Gasteiger partial charge in [0.2, 0.25) is 0 Å². The topological polar surface area (TPSA) is 30.5 Å². The van der Waals surface area contributed by atoms with Crippen molar-refractivity contribution in [3.8, 4) is 11.5 Å². The highest BCUT2D eigenvalue weighted by atomic mass is 35.5. The fraction of sp³-hybridized carbons (Fsp3) is 0.647. The van der Waals surface area contributed by atoms with Crippen LogP contribution in [0.15, 0.2) is 12.1 Å². The molecule has 4 heteroatoms. The standard InChI is InChI=1S/C17H28ClNO2/c1-4-6-7-8-9-10-19-13-14-11-16(20-3)17(21-5-2)12-15(14)18/h11-12,19H,4-10,13H2,1-3H3. The van der Waals surface area contributed by atoms with Gasteiger partial charge in [-0.2, -0.15) is 0 Å². The Kier molecular flexibility index (Phi) is 9.27. The van der Waals surface area contributed by atoms with Crippen LogP contribution in [-0.4, -0.2) is 20.3 Å². The fourth-order valence-electron chi connectivity index (χ4n) is 2.22. The lowest BCUT2D eigenvalue weighted by Gasteiger charge is -2.13. The third-order valence-corrected chi connectivity index (χ3v) is 3.76. The Labute approximate surface area is 134 Å². The first-order valence-corrected chi connectivity index (χ1v) is 8.30. The molecule has 0 heterocycles. The van der Waals surface area contributed by atoms with Gasteiger partial charge in [0.15, 0.2) is 11.5 Å². The quantitative estimate of drug-likeness (QED) is 0.595. The highest BCUT2D eigenvalue weighted by Crippen LogP contribution is 2.33. The Morgan fingerprint density at radius 1 is 1.05 bits per heavy atom. The first kappa shape index (κ1) is 18.1. The molecule has 0 aromatic heterocycles. The van der Waals surface area contributed by atoms with Crippen LogP contribution in [0.1, 0.15) is 51.5 Å². The molecule has 0 bridgehead atoms. The van der Waals surface area contributed by atoms with Gasteiger partial charge in [-0.3, -0.25) is 0 Å². The van der Waals surface area contributed by atoms with E-state index in [1.807, 2.05) is 19.1 Å². The minimum atomic E-state index is 0.599. The number of hydrogen-bond acceptors (Lipinski definition) is 3. The lowest BCUT2D eigenvalue weighted by atomic mass is 10.1. The van der Waals surface area contributed by atoms with E-state index in [1.165, 1.54) is 32.1 Å². The molecule has 0 aliphatic carbocycles. The normalized spacial score (nSPS) is 10.7. The van der Waals surface area contributed by atoms with Crippen molar-refractivity contribution in [2.45, 2.75) is 52.5 Å². The van der Waals surface area contributed by atoms with Gasteiger partial charge in [0.1, 0.15) is 0 Å². The second kappa shape index (κ2) is 10.7. The summed E-state index contributed by atoms with van der Waals surface area (Å²) in [6.45, 7) is 6.56. The van der Waals surface area contributed by atoms with E-state index in [1.54, 1.807) is 7.11 Å². The van der Waals surface area contributed by atoms with E-state index in [-0.39, 0.29) is 0 Å². The molecule has 0 fully saturated rings. The summed E-state index contributed by atoms with van der Waals surface area (Å²) < 4.78 is 10.9. The molecule has 0 amide bonds. The Hall–Kier alpha value is -0.930. The SMILES string of the molecule is CCCCCCCNCc1cc(OC)c(OCC)cc1Cl. The molecule has 0 saturated carbocycles. The molecule has 1 N–H and O–H groups in total. The Morgan fingerprint density at radius 3 is 2.48 bits per heavy atom. The summed E-state index contributed by atoms with van der Waals surface area (Å²) in [6, 6.07) is 3.79. The summed E-state index contributed by atoms with van der Waals surface area (Å²) in [7, 11) is 1.65. The predicted molar refractivity (Wildman–Crippen MR) is 89.6 cm³/mol. The van der Waals surface area contributed by atoms with Crippen LogP contribution in [0.3, 0.4) is 0 Å². The zero-order chi connectivity index (χ0) is 15.5. The first-order valence-electron chi connectivity index (χ1n) is 7.92. The second-order valence-electron chi connectivity index (χ2n) is 5.12. The molecule has 0 aliphatic heterocycles. The highest BCUT2D eigenvalue weighted by molar-refractivity contribution is 6.31. The smallest absolute Gasteiger partial charge is 0.162 e. The molecule has 21 heavy (non-hydrogen) atoms. The van der Waals surface area contributed by atoms with Crippen molar-refractivity contribution < 1.29 is 9.47 Å². The van der Waals surface area contributed by atoms with Gasteiger partial charge >= 0.3 is 0 Å². The van der Waals surface area contributed by atoms with Crippen LogP contribution in [0, 0.1) is 0 Å². The molecule has 1 aromatic rings. The van der Waals surface area contributed by atoms with Crippen molar-refractivity contribution in [1.82, 2.24) is 5.32 Å². The lowest BCUT2D eigenvalue weighted by Crippen LogP contribution is -2.15. The summed E-state index contributed by atoms with van der Waals surface area (Å²) in [6.07, 6.45) is 6.46. The summed E-state index contributed by atoms with van der Waals surface area (Å²) in [5.41, 5.74) is 1.05. The van der Waals surface area contributed by atoms with Crippen LogP contribution in [0.2, 0.25) is 5.02 Å². The van der Waals surface area contributed by atoms with Crippen LogP contribution in [0.4, 0.5) is 0 Å². The van der Waals surface area contributed by atoms with Crippen molar-refractivity contribution in [3.63, 3.8) is 0 Å². The molecule has 0 radical (unpaired) electrons. The van der Waals surface area contributed by atoms with Crippen LogP contribution in [0.25, 0.3) is 0 Å². The van der Waals surface area contributed by atoms with Gasteiger partial charge in [0.05, 0.1) is 13.7 Å². The molecular weight excluding hydrogens is 286 g/mol. The van der Waals surface area contributed by atoms with Gasteiger partial charge < -0.3 is 14.8 Å². The molecule has 1 aromatic carbocycles. The Morgan fingerprint density at radius 2 is 1.81 bits per heavy atom. The van der Waals surface area contributed by atoms with Gasteiger partial charge in [-0.25, -0.2) is 0 Å². The third kappa shape index (κ3) is 6.58. The van der Waals surface area contributed by atoms with E-state index in [4.69, 9.17) is 21.1 Å². The molecular formula is C17H28ClNO2. The zero-order valence-corrected chi connectivity index (χ0v) is 14.3. The molecule has 3 nitrogen and oxygen atoms in total. The molecule has 120 valence electrons. The largest absolute Gasteiger partial charge is 0.493 e. The number of hydrogen-bond donors (Lipinski definition) is 1. The van der Waals surface area contributed by atoms with Crippen LogP contribution >= 0.6 is 11.6 Å². The number of unbranched alkanes of at least 4 members (excludes halogenated alkanes) is 4. The van der Waals surface area contributed by atoms with Crippen LogP contribution < -0.4 is 14.8 Å².